The second-order valence-electron chi connectivity index (χ2n) is 8.82. The molecule has 0 aliphatic carbocycles. The number of amides is 3. The number of halogens is 2. The van der Waals surface area contributed by atoms with E-state index in [1.54, 1.807) is 30.3 Å². The molecule has 0 spiro atoms. The standard InChI is InChI=1S/C29H26BrClN2O5S/c1-4-37-24-12-20(13-25-28(35)33(29(36)39-25)15-19-7-5-6-17(2)10-19)11-22(30)27(24)38-16-26(34)32-21-9-8-18(3)23(31)14-21/h5-14H,4,15-16H2,1-3H3,(H,32,34)/b25-13-. The van der Waals surface area contributed by atoms with Crippen molar-refractivity contribution in [2.75, 3.05) is 18.5 Å². The summed E-state index contributed by atoms with van der Waals surface area (Å²) in [6.45, 7) is 5.97. The van der Waals surface area contributed by atoms with E-state index in [4.69, 9.17) is 21.1 Å². The zero-order valence-corrected chi connectivity index (χ0v) is 24.7. The van der Waals surface area contributed by atoms with E-state index in [1.165, 1.54) is 4.90 Å². The van der Waals surface area contributed by atoms with Crippen molar-refractivity contribution >= 4 is 68.1 Å². The Hall–Kier alpha value is -3.27. The smallest absolute Gasteiger partial charge is 0.293 e. The number of anilines is 1. The summed E-state index contributed by atoms with van der Waals surface area (Å²) in [5, 5.41) is 2.99. The van der Waals surface area contributed by atoms with Crippen LogP contribution in [0.15, 0.2) is 64.0 Å². The molecule has 202 valence electrons. The molecule has 3 aromatic rings. The maximum Gasteiger partial charge on any atom is 0.293 e. The number of nitrogens with zero attached hydrogens (tertiary/aromatic N) is 1. The van der Waals surface area contributed by atoms with Gasteiger partial charge in [0.1, 0.15) is 0 Å². The van der Waals surface area contributed by atoms with E-state index in [0.717, 1.165) is 28.5 Å². The molecule has 1 N–H and O–H groups in total. The van der Waals surface area contributed by atoms with Gasteiger partial charge in [-0.3, -0.25) is 19.3 Å². The molecule has 4 rings (SSSR count). The van der Waals surface area contributed by atoms with Crippen LogP contribution >= 0.6 is 39.3 Å². The van der Waals surface area contributed by atoms with Crippen molar-refractivity contribution in [3.8, 4) is 11.5 Å². The summed E-state index contributed by atoms with van der Waals surface area (Å²) in [6.07, 6.45) is 1.64. The lowest BCUT2D eigenvalue weighted by Gasteiger charge is -2.15. The van der Waals surface area contributed by atoms with Gasteiger partial charge in [-0.05, 0) is 95.5 Å². The van der Waals surface area contributed by atoms with Crippen LogP contribution in [0.4, 0.5) is 10.5 Å². The first-order valence-corrected chi connectivity index (χ1v) is 14.1. The highest BCUT2D eigenvalue weighted by Gasteiger charge is 2.35. The average molecular weight is 630 g/mol. The predicted octanol–water partition coefficient (Wildman–Crippen LogP) is 7.37. The van der Waals surface area contributed by atoms with Gasteiger partial charge in [0.05, 0.1) is 22.5 Å². The van der Waals surface area contributed by atoms with Crippen molar-refractivity contribution < 1.29 is 23.9 Å². The quantitative estimate of drug-likeness (QED) is 0.249. The number of carbonyl (C=O) groups excluding carboxylic acids is 3. The molecule has 0 radical (unpaired) electrons. The van der Waals surface area contributed by atoms with Crippen molar-refractivity contribution in [2.45, 2.75) is 27.3 Å². The molecule has 3 amide bonds. The Morgan fingerprint density at radius 1 is 1.10 bits per heavy atom. The van der Waals surface area contributed by atoms with Gasteiger partial charge in [0.2, 0.25) is 0 Å². The van der Waals surface area contributed by atoms with E-state index in [9.17, 15) is 14.4 Å². The van der Waals surface area contributed by atoms with Crippen LogP contribution < -0.4 is 14.8 Å². The maximum absolute atomic E-state index is 13.0. The number of nitrogens with one attached hydrogen (secondary N) is 1. The molecule has 7 nitrogen and oxygen atoms in total. The molecule has 10 heteroatoms. The monoisotopic (exact) mass is 628 g/mol. The van der Waals surface area contributed by atoms with Gasteiger partial charge in [0, 0.05) is 10.7 Å². The van der Waals surface area contributed by atoms with E-state index in [0.29, 0.717) is 43.8 Å². The molecule has 39 heavy (non-hydrogen) atoms. The number of rotatable bonds is 9. The van der Waals surface area contributed by atoms with E-state index >= 15 is 0 Å². The van der Waals surface area contributed by atoms with Crippen molar-refractivity contribution in [3.63, 3.8) is 0 Å². The number of thioether (sulfide) groups is 1. The topological polar surface area (TPSA) is 84.9 Å². The molecule has 0 saturated carbocycles. The molecular weight excluding hydrogens is 604 g/mol. The molecule has 1 aliphatic heterocycles. The average Bonchev–Trinajstić information content (AvgIpc) is 3.13. The molecule has 1 heterocycles. The van der Waals surface area contributed by atoms with Gasteiger partial charge >= 0.3 is 0 Å². The minimum absolute atomic E-state index is 0.210. The minimum Gasteiger partial charge on any atom is -0.490 e. The first kappa shape index (κ1) is 28.7. The molecule has 0 aromatic heterocycles. The van der Waals surface area contributed by atoms with Gasteiger partial charge in [-0.25, -0.2) is 0 Å². The van der Waals surface area contributed by atoms with Crippen molar-refractivity contribution in [1.82, 2.24) is 4.90 Å². The minimum atomic E-state index is -0.365. The fourth-order valence-corrected chi connectivity index (χ4v) is 5.45. The van der Waals surface area contributed by atoms with Crippen molar-refractivity contribution in [2.24, 2.45) is 0 Å². The molecule has 0 unspecified atom stereocenters. The van der Waals surface area contributed by atoms with Gasteiger partial charge in [0.25, 0.3) is 17.1 Å². The first-order valence-electron chi connectivity index (χ1n) is 12.1. The van der Waals surface area contributed by atoms with Gasteiger partial charge in [-0.1, -0.05) is 47.5 Å². The number of carbonyl (C=O) groups is 3. The summed E-state index contributed by atoms with van der Waals surface area (Å²) in [5.74, 6) is 0.0198. The Morgan fingerprint density at radius 2 is 1.90 bits per heavy atom. The largest absolute Gasteiger partial charge is 0.490 e. The number of ether oxygens (including phenoxy) is 2. The molecule has 0 atom stereocenters. The molecule has 1 fully saturated rings. The number of imide groups is 1. The Labute approximate surface area is 244 Å². The normalized spacial score (nSPS) is 14.2. The van der Waals surface area contributed by atoms with Gasteiger partial charge < -0.3 is 14.8 Å². The highest BCUT2D eigenvalue weighted by atomic mass is 79.9. The Balaban J connectivity index is 1.48. The Kier molecular flexibility index (Phi) is 9.37. The summed E-state index contributed by atoms with van der Waals surface area (Å²) < 4.78 is 12.1. The third-order valence-electron chi connectivity index (χ3n) is 5.73. The van der Waals surface area contributed by atoms with Crippen LogP contribution in [0.25, 0.3) is 6.08 Å². The van der Waals surface area contributed by atoms with Crippen LogP contribution in [0.5, 0.6) is 11.5 Å². The third-order valence-corrected chi connectivity index (χ3v) is 7.63. The summed E-state index contributed by atoms with van der Waals surface area (Å²) in [6, 6.07) is 16.4. The first-order chi connectivity index (χ1) is 18.6. The van der Waals surface area contributed by atoms with Crippen LogP contribution in [0.1, 0.15) is 29.2 Å². The van der Waals surface area contributed by atoms with E-state index in [2.05, 4.69) is 21.2 Å². The summed E-state index contributed by atoms with van der Waals surface area (Å²) >= 11 is 10.5. The van der Waals surface area contributed by atoms with Crippen LogP contribution in [-0.2, 0) is 16.1 Å². The van der Waals surface area contributed by atoms with Gasteiger partial charge in [-0.15, -0.1) is 0 Å². The Bertz CT molecular complexity index is 1480. The summed E-state index contributed by atoms with van der Waals surface area (Å²) in [4.78, 5) is 39.7. The van der Waals surface area contributed by atoms with E-state index in [-0.39, 0.29) is 30.2 Å². The fourth-order valence-electron chi connectivity index (χ4n) is 3.86. The van der Waals surface area contributed by atoms with Crippen LogP contribution in [0.3, 0.4) is 0 Å². The predicted molar refractivity (Wildman–Crippen MR) is 158 cm³/mol. The lowest BCUT2D eigenvalue weighted by Crippen LogP contribution is -2.27. The molecular formula is C29H26BrClN2O5S. The summed E-state index contributed by atoms with van der Waals surface area (Å²) in [5.41, 5.74) is 4.05. The van der Waals surface area contributed by atoms with Crippen LogP contribution in [0.2, 0.25) is 5.02 Å². The van der Waals surface area contributed by atoms with Gasteiger partial charge in [0.15, 0.2) is 18.1 Å². The van der Waals surface area contributed by atoms with E-state index < -0.39 is 0 Å². The van der Waals surface area contributed by atoms with Crippen molar-refractivity contribution in [3.05, 3.63) is 91.3 Å². The second kappa shape index (κ2) is 12.7. The second-order valence-corrected chi connectivity index (χ2v) is 11.1. The number of benzene rings is 3. The number of hydrogen-bond donors (Lipinski definition) is 1. The zero-order chi connectivity index (χ0) is 28.1. The number of hydrogen-bond acceptors (Lipinski definition) is 6. The van der Waals surface area contributed by atoms with Crippen molar-refractivity contribution in [1.29, 1.82) is 0 Å². The van der Waals surface area contributed by atoms with Gasteiger partial charge in [-0.2, -0.15) is 0 Å². The maximum atomic E-state index is 13.0. The van der Waals surface area contributed by atoms with Crippen LogP contribution in [-0.4, -0.2) is 35.2 Å². The molecule has 3 aromatic carbocycles. The SMILES string of the molecule is CCOc1cc(/C=C2\SC(=O)N(Cc3cccc(C)c3)C2=O)cc(Br)c1OCC(=O)Nc1ccc(C)c(Cl)c1. The number of aryl methyl sites for hydroxylation is 2. The molecule has 1 aliphatic rings. The third kappa shape index (κ3) is 7.23. The zero-order valence-electron chi connectivity index (χ0n) is 21.5. The lowest BCUT2D eigenvalue weighted by atomic mass is 10.1. The highest BCUT2D eigenvalue weighted by molar-refractivity contribution is 9.10. The van der Waals surface area contributed by atoms with E-state index in [1.807, 2.05) is 51.1 Å². The lowest BCUT2D eigenvalue weighted by molar-refractivity contribution is -0.123. The van der Waals surface area contributed by atoms with Crippen LogP contribution in [0, 0.1) is 13.8 Å². The molecule has 1 saturated heterocycles. The fraction of sp³-hybridized carbons (Fsp3) is 0.207. The highest BCUT2D eigenvalue weighted by Crippen LogP contribution is 2.39. The molecule has 0 bridgehead atoms. The summed E-state index contributed by atoms with van der Waals surface area (Å²) in [7, 11) is 0. The Morgan fingerprint density at radius 3 is 2.62 bits per heavy atom.